The van der Waals surface area contributed by atoms with Gasteiger partial charge in [0.2, 0.25) is 0 Å². The molecular weight excluding hydrogens is 1930 g/mol. The Morgan fingerprint density at radius 1 is 0.430 bits per heavy atom. The van der Waals surface area contributed by atoms with E-state index in [9.17, 15) is 41.4 Å². The van der Waals surface area contributed by atoms with Crippen molar-refractivity contribution in [3.05, 3.63) is 285 Å². The standard InChI is InChI=1S/C41H49N3O5S.C40H48N4O5S.C39H48N4O5S/c1-29-11-17-36-31(22-29)9-6-19-41(36)27-44-25-33-13-16-35(33)38(48-2)10-4-3-5-21-50(47,26-34(45)15-12-30-8-7-20-42-24-30)43-40(46)32-14-18-39(49-28-41)37(44)23-32;1-28-9-15-35-29(21-28)7-6-18-40(35)25-44-23-31-10-14-34(31)37(48-2)8-4-3-5-20-50(47,24-33(45)13-12-32-17-19-41-27-42-32)43-39(46)30-11-16-38(49-26-40)36(44)22-30;1-28-10-14-34-29(22-28)8-6-17-39(34)26-42-24-31-11-13-33(31)36(47-2)9-4-3-5-21-49(46,25-32(44)16-20-43-19-7-18-40-43)41-38(45)30-12-15-37(48-27-39)35(42)23-30/h4,7-8,10-11,14,17-18,20,22-24,33,35,38H,3,5-6,9,12-13,15-16,19,21,25-28H2,1-2H3;4,8-9,11,15-17,19,21-22,27,31,34,37H,3,5-7,10,12-14,18,20,23-26H2,1-2H3;4,7,9-10,12,14-15,18-19,22-23,31,33,36H,3,5-6,8,11,13,16-17,20-21,24-27H2,1-2H3/b10-4+;8-4+;9-4+/t33-,35+,38-,41-,50+;31-,34+,37-,40-,50+;31-,33+,36-,39-,49+/m000/s1. The minimum atomic E-state index is -3.16. The van der Waals surface area contributed by atoms with E-state index in [1.807, 2.05) is 48.5 Å². The summed E-state index contributed by atoms with van der Waals surface area (Å²) >= 11 is 0. The highest BCUT2D eigenvalue weighted by Crippen LogP contribution is 2.53. The second-order valence-corrected chi connectivity index (χ2v) is 51.3. The lowest BCUT2D eigenvalue weighted by atomic mass is 9.68. The van der Waals surface area contributed by atoms with Crippen molar-refractivity contribution in [2.45, 2.75) is 229 Å². The zero-order valence-electron chi connectivity index (χ0n) is 87.3. The highest BCUT2D eigenvalue weighted by atomic mass is 32.2. The number of aryl methyl sites for hydroxylation is 9. The van der Waals surface area contributed by atoms with Gasteiger partial charge in [-0.05, 0) is 316 Å². The Morgan fingerprint density at radius 2 is 0.826 bits per heavy atom. The van der Waals surface area contributed by atoms with Crippen molar-refractivity contribution in [2.24, 2.45) is 48.6 Å². The van der Waals surface area contributed by atoms with Crippen molar-refractivity contribution < 1.29 is 69.8 Å². The number of aromatic nitrogens is 5. The van der Waals surface area contributed by atoms with Crippen LogP contribution in [0, 0.1) is 56.3 Å². The number of pyridine rings is 1. The van der Waals surface area contributed by atoms with Crippen LogP contribution in [0.3, 0.4) is 0 Å². The van der Waals surface area contributed by atoms with Crippen LogP contribution in [0.1, 0.15) is 227 Å². The number of hydrogen-bond donors (Lipinski definition) is 0. The average Bonchev–Trinajstić information content (AvgIpc) is 1.66. The number of Topliss-reactive ketones (excluding diaryl/α,β-unsaturated/α-hetero) is 3. The van der Waals surface area contributed by atoms with Crippen LogP contribution in [-0.2, 0) is 113 Å². The van der Waals surface area contributed by atoms with E-state index >= 15 is 0 Å². The molecule has 3 spiro atoms. The first-order valence-electron chi connectivity index (χ1n) is 54.1. The molecule has 6 bridgehead atoms. The van der Waals surface area contributed by atoms with Crippen molar-refractivity contribution >= 4 is 81.3 Å². The molecule has 3 aromatic heterocycles. The van der Waals surface area contributed by atoms with Crippen LogP contribution in [-0.4, -0.2) is 206 Å². The summed E-state index contributed by atoms with van der Waals surface area (Å²) < 4.78 is 95.9. The summed E-state index contributed by atoms with van der Waals surface area (Å²) in [6, 6.07) is 44.4. The van der Waals surface area contributed by atoms with Crippen molar-refractivity contribution in [3.8, 4) is 17.2 Å². The summed E-state index contributed by atoms with van der Waals surface area (Å²) in [5, 5.41) is 4.16. The molecule has 29 heteroatoms. The van der Waals surface area contributed by atoms with E-state index in [1.54, 1.807) is 87.3 Å². The van der Waals surface area contributed by atoms with Gasteiger partial charge in [-0.15, -0.1) is 0 Å². The lowest BCUT2D eigenvalue weighted by Gasteiger charge is -2.46. The highest BCUT2D eigenvalue weighted by molar-refractivity contribution is 7.95. The summed E-state index contributed by atoms with van der Waals surface area (Å²) in [6.07, 6.45) is 44.1. The molecule has 0 N–H and O–H groups in total. The fraction of sp³-hybridized carbons (Fsp3) is 0.500. The predicted molar refractivity (Wildman–Crippen MR) is 585 cm³/mol. The van der Waals surface area contributed by atoms with E-state index < -0.39 is 46.9 Å². The Morgan fingerprint density at radius 3 is 1.17 bits per heavy atom. The van der Waals surface area contributed by atoms with Crippen LogP contribution in [0.25, 0.3) is 0 Å². The minimum Gasteiger partial charge on any atom is -0.490 e. The number of rotatable bonds is 18. The SMILES string of the molecule is CO[C@H]1/C=C/CCC[S@@](=O)(CC(=O)CCc2cccnc2)=NC(=O)c2ccc3c(c2)N(C[C@@H]2CC[C@H]21)C[C@@]1(CCCc2cc(C)ccc21)CO3.CO[C@H]1/C=C/CCC[S@@](=O)(CC(=O)CCc2ccncn2)=NC(=O)c2ccc3c(c2)N(C[C@@H]2CC[C@H]21)C[C@@]1(CCCc2cc(C)ccc21)CO3.CO[C@H]1/C=C/CCC[S@@](=O)(CC(=O)CCn2cccn2)=NC(=O)c2ccc3c(c2)N(C[C@@H]2CC[C@H]21)C[C@@]1(CCCc2cc(C)ccc21)CO3. The van der Waals surface area contributed by atoms with Gasteiger partial charge in [-0.3, -0.25) is 38.4 Å². The maximum absolute atomic E-state index is 14.4. The number of methoxy groups -OCH3 is 3. The third-order valence-electron chi connectivity index (χ3n) is 33.6. The van der Waals surface area contributed by atoms with Crippen LogP contribution in [0.15, 0.2) is 220 Å². The number of allylic oxidation sites excluding steroid dienone is 3. The molecule has 0 saturated heterocycles. The molecule has 6 aliphatic carbocycles. The predicted octanol–water partition coefficient (Wildman–Crippen LogP) is 19.8. The Kier molecular flexibility index (Phi) is 33.6. The molecule has 0 radical (unpaired) electrons. The minimum absolute atomic E-state index is 0.00675. The molecule has 26 nitrogen and oxygen atoms in total. The van der Waals surface area contributed by atoms with Gasteiger partial charge >= 0.3 is 0 Å². The van der Waals surface area contributed by atoms with E-state index in [4.69, 9.17) is 28.4 Å². The number of carbonyl (C=O) groups is 6. The number of hydrogen-bond acceptors (Lipinski definition) is 22. The second kappa shape index (κ2) is 47.2. The summed E-state index contributed by atoms with van der Waals surface area (Å²) in [7, 11) is -4.11. The van der Waals surface area contributed by atoms with E-state index in [-0.39, 0.29) is 106 Å². The van der Waals surface area contributed by atoms with Gasteiger partial charge in [0.05, 0.1) is 102 Å². The zero-order chi connectivity index (χ0) is 103. The van der Waals surface area contributed by atoms with Crippen LogP contribution >= 0.6 is 0 Å². The van der Waals surface area contributed by atoms with Gasteiger partial charge < -0.3 is 43.1 Å². The van der Waals surface area contributed by atoms with Gasteiger partial charge in [0, 0.05) is 173 Å². The molecule has 9 heterocycles. The highest BCUT2D eigenvalue weighted by Gasteiger charge is 2.50. The lowest BCUT2D eigenvalue weighted by Crippen LogP contribution is -2.49. The summed E-state index contributed by atoms with van der Waals surface area (Å²) in [5.74, 6) is 2.25. The molecule has 3 saturated carbocycles. The Balaban J connectivity index is 0.000000140. The quantitative estimate of drug-likeness (QED) is 0.0720. The number of anilines is 3. The number of benzene rings is 6. The number of carbonyl (C=O) groups excluding carboxylic acids is 6. The smallest absolute Gasteiger partial charge is 0.285 e. The fourth-order valence-electron chi connectivity index (χ4n) is 25.3. The molecule has 3 fully saturated rings. The summed E-state index contributed by atoms with van der Waals surface area (Å²) in [4.78, 5) is 101. The number of nitrogens with zero attached hydrogens (tertiary/aromatic N) is 11. The molecule has 15 atom stereocenters. The molecule has 6 aromatic carbocycles. The van der Waals surface area contributed by atoms with Crippen LogP contribution in [0.5, 0.6) is 17.2 Å². The third kappa shape index (κ3) is 25.0. The Hall–Kier alpha value is -11.5. The number of ether oxygens (including phenoxy) is 6. The molecule has 21 rings (SSSR count). The Bertz CT molecular complexity index is 6630. The largest absolute Gasteiger partial charge is 0.490 e. The van der Waals surface area contributed by atoms with Gasteiger partial charge in [-0.25, -0.2) is 22.6 Å². The van der Waals surface area contributed by atoms with E-state index in [2.05, 4.69) is 160 Å². The van der Waals surface area contributed by atoms with E-state index in [1.165, 1.54) is 56.4 Å². The molecule has 149 heavy (non-hydrogen) atoms. The summed E-state index contributed by atoms with van der Waals surface area (Å²) in [5.41, 5.74) is 17.0. The third-order valence-corrected chi connectivity index (χ3v) is 40.2. The van der Waals surface area contributed by atoms with Crippen molar-refractivity contribution in [1.29, 1.82) is 0 Å². The van der Waals surface area contributed by atoms with E-state index in [0.29, 0.717) is 130 Å². The number of ketones is 3. The van der Waals surface area contributed by atoms with Crippen LogP contribution in [0.4, 0.5) is 17.1 Å². The van der Waals surface area contributed by atoms with Crippen LogP contribution < -0.4 is 28.9 Å². The first-order chi connectivity index (χ1) is 72.2. The maximum atomic E-state index is 14.4. The molecule has 9 aromatic rings. The lowest BCUT2D eigenvalue weighted by molar-refractivity contribution is -0.117. The molecule has 6 aliphatic heterocycles. The van der Waals surface area contributed by atoms with Crippen LogP contribution in [0.2, 0.25) is 0 Å². The van der Waals surface area contributed by atoms with Gasteiger partial charge in [-0.2, -0.15) is 18.2 Å². The van der Waals surface area contributed by atoms with Crippen molar-refractivity contribution in [1.82, 2.24) is 24.7 Å². The van der Waals surface area contributed by atoms with Gasteiger partial charge in [0.1, 0.15) is 40.9 Å². The normalized spacial score (nSPS) is 28.8. The molecular formula is C120H145N11O15S3. The molecule has 12 aliphatic rings. The zero-order valence-corrected chi connectivity index (χ0v) is 89.7. The first kappa shape index (κ1) is 106. The average molecular weight is 2080 g/mol. The number of amides is 3. The fourth-order valence-corrected chi connectivity index (χ4v) is 31.2. The maximum Gasteiger partial charge on any atom is 0.285 e. The second-order valence-electron chi connectivity index (χ2n) is 44.0. The van der Waals surface area contributed by atoms with E-state index in [0.717, 1.165) is 181 Å². The van der Waals surface area contributed by atoms with Gasteiger partial charge in [-0.1, -0.05) is 114 Å². The van der Waals surface area contributed by atoms with Crippen molar-refractivity contribution in [3.63, 3.8) is 0 Å². The Labute approximate surface area is 879 Å². The first-order valence-corrected chi connectivity index (χ1v) is 59.7. The molecule has 0 unspecified atom stereocenters. The molecule has 788 valence electrons. The molecule has 3 amide bonds. The van der Waals surface area contributed by atoms with Crippen molar-refractivity contribution in [2.75, 3.05) is 130 Å². The number of fused-ring (bicyclic) bond motifs is 12. The topological polar surface area (TPSA) is 312 Å². The monoisotopic (exact) mass is 2080 g/mol. The summed E-state index contributed by atoms with van der Waals surface area (Å²) in [6.45, 7) is 13.4. The van der Waals surface area contributed by atoms with Gasteiger partial charge in [0.15, 0.2) is 0 Å². The van der Waals surface area contributed by atoms with Gasteiger partial charge in [0.25, 0.3) is 17.7 Å².